The van der Waals surface area contributed by atoms with Crippen molar-refractivity contribution in [3.63, 3.8) is 0 Å². The van der Waals surface area contributed by atoms with Crippen molar-refractivity contribution < 1.29 is 14.3 Å². The number of aryl methyl sites for hydroxylation is 1. The minimum absolute atomic E-state index is 0.204. The summed E-state index contributed by atoms with van der Waals surface area (Å²) in [5.41, 5.74) is 1.29. The van der Waals surface area contributed by atoms with E-state index >= 15 is 0 Å². The zero-order valence-corrected chi connectivity index (χ0v) is 11.6. The Morgan fingerprint density at radius 1 is 1.19 bits per heavy atom. The van der Waals surface area contributed by atoms with Gasteiger partial charge in [-0.2, -0.15) is 0 Å². The van der Waals surface area contributed by atoms with Crippen molar-refractivity contribution in [1.29, 1.82) is 0 Å². The van der Waals surface area contributed by atoms with Gasteiger partial charge in [-0.3, -0.25) is 9.59 Å². The summed E-state index contributed by atoms with van der Waals surface area (Å²) in [6.45, 7) is 1.83. The van der Waals surface area contributed by atoms with E-state index < -0.39 is 11.9 Å². The van der Waals surface area contributed by atoms with Crippen LogP contribution in [0.4, 0.5) is 5.69 Å². The summed E-state index contributed by atoms with van der Waals surface area (Å²) in [6.07, 6.45) is 1.38. The van der Waals surface area contributed by atoms with Gasteiger partial charge in [-0.05, 0) is 25.1 Å². The fourth-order valence-electron chi connectivity index (χ4n) is 1.83. The van der Waals surface area contributed by atoms with E-state index in [4.69, 9.17) is 4.74 Å². The van der Waals surface area contributed by atoms with Crippen LogP contribution in [0, 0.1) is 6.92 Å². The quantitative estimate of drug-likeness (QED) is 0.841. The molecule has 0 aliphatic rings. The van der Waals surface area contributed by atoms with Crippen molar-refractivity contribution >= 4 is 17.6 Å². The second-order valence-corrected chi connectivity index (χ2v) is 4.44. The lowest BCUT2D eigenvalue weighted by Crippen LogP contribution is -2.17. The van der Waals surface area contributed by atoms with Gasteiger partial charge in [0.05, 0.1) is 18.4 Å². The average Bonchev–Trinajstić information content (AvgIpc) is 2.48. The van der Waals surface area contributed by atoms with Crippen molar-refractivity contribution in [2.24, 2.45) is 0 Å². The standard InChI is InChI=1S/C15H14N2O4/c1-9-3-4-12(11(7-9)15(20)21-2)17-14(19)10-5-6-16-13(18)8-10/h3-8H,1-2H3,(H,16,18)(H,17,19). The molecular formula is C15H14N2O4. The largest absolute Gasteiger partial charge is 0.465 e. The maximum atomic E-state index is 12.1. The molecule has 2 rings (SSSR count). The summed E-state index contributed by atoms with van der Waals surface area (Å²) in [7, 11) is 1.27. The topological polar surface area (TPSA) is 88.3 Å². The third kappa shape index (κ3) is 3.36. The fraction of sp³-hybridized carbons (Fsp3) is 0.133. The lowest BCUT2D eigenvalue weighted by Gasteiger charge is -2.10. The highest BCUT2D eigenvalue weighted by Crippen LogP contribution is 2.19. The first-order valence-corrected chi connectivity index (χ1v) is 6.20. The van der Waals surface area contributed by atoms with Gasteiger partial charge < -0.3 is 15.0 Å². The number of hydrogen-bond donors (Lipinski definition) is 2. The SMILES string of the molecule is COC(=O)c1cc(C)ccc1NC(=O)c1cc[nH]c(=O)c1. The van der Waals surface area contributed by atoms with Gasteiger partial charge in [0, 0.05) is 17.8 Å². The van der Waals surface area contributed by atoms with E-state index in [1.807, 2.05) is 6.92 Å². The zero-order valence-electron chi connectivity index (χ0n) is 11.6. The van der Waals surface area contributed by atoms with Crippen LogP contribution in [-0.2, 0) is 4.74 Å². The van der Waals surface area contributed by atoms with Crippen LogP contribution in [0.15, 0.2) is 41.3 Å². The molecule has 0 saturated carbocycles. The van der Waals surface area contributed by atoms with E-state index in [1.165, 1.54) is 25.4 Å². The number of amides is 1. The molecule has 1 amide bonds. The molecule has 1 aromatic heterocycles. The van der Waals surface area contributed by atoms with Crippen LogP contribution in [0.1, 0.15) is 26.3 Å². The summed E-state index contributed by atoms with van der Waals surface area (Å²) in [6, 6.07) is 7.66. The van der Waals surface area contributed by atoms with Crippen molar-refractivity contribution in [1.82, 2.24) is 4.98 Å². The van der Waals surface area contributed by atoms with Crippen LogP contribution < -0.4 is 10.9 Å². The third-order valence-corrected chi connectivity index (χ3v) is 2.87. The number of carbonyl (C=O) groups is 2. The molecule has 0 aliphatic carbocycles. The molecular weight excluding hydrogens is 272 g/mol. The summed E-state index contributed by atoms with van der Waals surface area (Å²) in [5.74, 6) is -1.02. The lowest BCUT2D eigenvalue weighted by atomic mass is 10.1. The number of hydrogen-bond acceptors (Lipinski definition) is 4. The molecule has 0 aliphatic heterocycles. The first kappa shape index (κ1) is 14.5. The Labute approximate surface area is 120 Å². The van der Waals surface area contributed by atoms with Crippen LogP contribution in [-0.4, -0.2) is 24.0 Å². The molecule has 1 heterocycles. The molecule has 6 nitrogen and oxygen atoms in total. The number of carbonyl (C=O) groups excluding carboxylic acids is 2. The molecule has 0 bridgehead atoms. The Morgan fingerprint density at radius 2 is 1.95 bits per heavy atom. The number of rotatable bonds is 3. The predicted molar refractivity (Wildman–Crippen MR) is 77.5 cm³/mol. The number of anilines is 1. The number of aromatic amines is 1. The highest BCUT2D eigenvalue weighted by Gasteiger charge is 2.15. The van der Waals surface area contributed by atoms with Crippen molar-refractivity contribution in [2.45, 2.75) is 6.92 Å². The molecule has 1 aromatic carbocycles. The number of methoxy groups -OCH3 is 1. The molecule has 0 spiro atoms. The van der Waals surface area contributed by atoms with E-state index in [1.54, 1.807) is 18.2 Å². The Morgan fingerprint density at radius 3 is 2.62 bits per heavy atom. The first-order chi connectivity index (χ1) is 10.0. The van der Waals surface area contributed by atoms with E-state index in [9.17, 15) is 14.4 Å². The first-order valence-electron chi connectivity index (χ1n) is 6.20. The van der Waals surface area contributed by atoms with Gasteiger partial charge in [-0.1, -0.05) is 11.6 Å². The number of pyridine rings is 1. The maximum absolute atomic E-state index is 12.1. The number of ether oxygens (including phenoxy) is 1. The number of nitrogens with one attached hydrogen (secondary N) is 2. The fourth-order valence-corrected chi connectivity index (χ4v) is 1.83. The molecule has 21 heavy (non-hydrogen) atoms. The van der Waals surface area contributed by atoms with Crippen molar-refractivity contribution in [3.05, 3.63) is 63.6 Å². The van der Waals surface area contributed by atoms with Crippen LogP contribution in [0.2, 0.25) is 0 Å². The summed E-state index contributed by atoms with van der Waals surface area (Å²) < 4.78 is 4.69. The molecule has 2 aromatic rings. The van der Waals surface area contributed by atoms with Gasteiger partial charge in [-0.15, -0.1) is 0 Å². The number of aromatic nitrogens is 1. The molecule has 0 fully saturated rings. The van der Waals surface area contributed by atoms with Gasteiger partial charge in [0.2, 0.25) is 5.56 Å². The minimum Gasteiger partial charge on any atom is -0.465 e. The normalized spacial score (nSPS) is 10.0. The minimum atomic E-state index is -0.542. The van der Waals surface area contributed by atoms with Crippen molar-refractivity contribution in [2.75, 3.05) is 12.4 Å². The molecule has 0 unspecified atom stereocenters. The molecule has 108 valence electrons. The van der Waals surface area contributed by atoms with E-state index in [2.05, 4.69) is 10.3 Å². The number of H-pyrrole nitrogens is 1. The summed E-state index contributed by atoms with van der Waals surface area (Å²) >= 11 is 0. The zero-order chi connectivity index (χ0) is 15.4. The summed E-state index contributed by atoms with van der Waals surface area (Å²) in [5, 5.41) is 2.60. The Bertz CT molecular complexity index is 749. The van der Waals surface area contributed by atoms with Gasteiger partial charge in [0.15, 0.2) is 0 Å². The molecule has 0 atom stereocenters. The molecule has 6 heteroatoms. The van der Waals surface area contributed by atoms with E-state index in [0.29, 0.717) is 5.69 Å². The van der Waals surface area contributed by atoms with Gasteiger partial charge in [0.1, 0.15) is 0 Å². The predicted octanol–water partition coefficient (Wildman–Crippen LogP) is 1.72. The third-order valence-electron chi connectivity index (χ3n) is 2.87. The Balaban J connectivity index is 2.33. The van der Waals surface area contributed by atoms with Crippen LogP contribution in [0.5, 0.6) is 0 Å². The Hall–Kier alpha value is -2.89. The lowest BCUT2D eigenvalue weighted by molar-refractivity contribution is 0.0602. The van der Waals surface area contributed by atoms with Gasteiger partial charge in [-0.25, -0.2) is 4.79 Å². The summed E-state index contributed by atoms with van der Waals surface area (Å²) in [4.78, 5) is 37.5. The highest BCUT2D eigenvalue weighted by atomic mass is 16.5. The van der Waals surface area contributed by atoms with Crippen LogP contribution >= 0.6 is 0 Å². The van der Waals surface area contributed by atoms with Gasteiger partial charge in [0.25, 0.3) is 5.91 Å². The number of esters is 1. The molecule has 2 N–H and O–H groups in total. The smallest absolute Gasteiger partial charge is 0.339 e. The number of benzene rings is 1. The monoisotopic (exact) mass is 286 g/mol. The van der Waals surface area contributed by atoms with E-state index in [-0.39, 0.29) is 16.7 Å². The van der Waals surface area contributed by atoms with Crippen LogP contribution in [0.3, 0.4) is 0 Å². The second kappa shape index (κ2) is 6.04. The molecule has 0 radical (unpaired) electrons. The molecule has 0 saturated heterocycles. The highest BCUT2D eigenvalue weighted by molar-refractivity contribution is 6.07. The Kier molecular flexibility index (Phi) is 4.18. The second-order valence-electron chi connectivity index (χ2n) is 4.44. The van der Waals surface area contributed by atoms with E-state index in [0.717, 1.165) is 5.56 Å². The van der Waals surface area contributed by atoms with Gasteiger partial charge >= 0.3 is 5.97 Å². The van der Waals surface area contributed by atoms with Crippen molar-refractivity contribution in [3.8, 4) is 0 Å². The van der Waals surface area contributed by atoms with Crippen LogP contribution in [0.25, 0.3) is 0 Å². The average molecular weight is 286 g/mol. The maximum Gasteiger partial charge on any atom is 0.339 e.